The van der Waals surface area contributed by atoms with Gasteiger partial charge in [0.25, 0.3) is 5.56 Å². The Balaban J connectivity index is 1.49. The van der Waals surface area contributed by atoms with Crippen LogP contribution < -0.4 is 5.56 Å². The van der Waals surface area contributed by atoms with Gasteiger partial charge in [0.15, 0.2) is 0 Å². The van der Waals surface area contributed by atoms with Crippen molar-refractivity contribution in [1.82, 2.24) is 14.5 Å². The topological polar surface area (TPSA) is 55.2 Å². The molecule has 1 saturated carbocycles. The molecule has 0 bridgehead atoms. The van der Waals surface area contributed by atoms with E-state index in [4.69, 9.17) is 0 Å². The van der Waals surface area contributed by atoms with Crippen molar-refractivity contribution < 1.29 is 4.79 Å². The summed E-state index contributed by atoms with van der Waals surface area (Å²) in [7, 11) is 1.86. The van der Waals surface area contributed by atoms with E-state index in [0.717, 1.165) is 34.7 Å². The maximum Gasteiger partial charge on any atom is 0.263 e. The molecule has 5 nitrogen and oxygen atoms in total. The van der Waals surface area contributed by atoms with Crippen molar-refractivity contribution in [2.45, 2.75) is 44.7 Å². The molecule has 1 fully saturated rings. The van der Waals surface area contributed by atoms with Crippen molar-refractivity contribution in [2.24, 2.45) is 0 Å². The van der Waals surface area contributed by atoms with Crippen LogP contribution in [0.5, 0.6) is 0 Å². The average molecular weight is 432 g/mol. The van der Waals surface area contributed by atoms with E-state index in [1.807, 2.05) is 35.5 Å². The molecule has 0 unspecified atom stereocenters. The first kappa shape index (κ1) is 19.9. The molecule has 31 heavy (non-hydrogen) atoms. The van der Waals surface area contributed by atoms with Crippen LogP contribution in [0.15, 0.2) is 59.0 Å². The highest BCUT2D eigenvalue weighted by Crippen LogP contribution is 2.32. The number of hydrogen-bond donors (Lipinski definition) is 0. The van der Waals surface area contributed by atoms with E-state index in [0.29, 0.717) is 10.2 Å². The first-order chi connectivity index (χ1) is 15.1. The van der Waals surface area contributed by atoms with Gasteiger partial charge < -0.3 is 4.90 Å². The van der Waals surface area contributed by atoms with Gasteiger partial charge >= 0.3 is 0 Å². The van der Waals surface area contributed by atoms with Crippen LogP contribution in [-0.4, -0.2) is 33.4 Å². The Morgan fingerprint density at radius 1 is 1.13 bits per heavy atom. The number of carbonyl (C=O) groups excluding carboxylic acids is 1. The monoisotopic (exact) mass is 431 g/mol. The molecular formula is C25H25N3O2S. The molecule has 0 atom stereocenters. The van der Waals surface area contributed by atoms with E-state index < -0.39 is 0 Å². The van der Waals surface area contributed by atoms with Gasteiger partial charge in [0.05, 0.1) is 11.7 Å². The van der Waals surface area contributed by atoms with Crippen LogP contribution in [0.2, 0.25) is 0 Å². The lowest BCUT2D eigenvalue weighted by molar-refractivity contribution is -0.133. The van der Waals surface area contributed by atoms with Crippen LogP contribution in [0.1, 0.15) is 32.1 Å². The zero-order chi connectivity index (χ0) is 21.4. The van der Waals surface area contributed by atoms with Crippen molar-refractivity contribution in [2.75, 3.05) is 7.05 Å². The van der Waals surface area contributed by atoms with Crippen molar-refractivity contribution in [3.8, 4) is 11.1 Å². The normalized spacial score (nSPS) is 14.9. The molecule has 2 aromatic carbocycles. The maximum atomic E-state index is 13.3. The SMILES string of the molecule is CN(C(=O)Cn1cnc2scc(-c3ccc4ccccc4c3)c2c1=O)C1CCCCC1. The molecule has 4 aromatic rings. The average Bonchev–Trinajstić information content (AvgIpc) is 3.25. The van der Waals surface area contributed by atoms with E-state index in [1.165, 1.54) is 41.5 Å². The van der Waals surface area contributed by atoms with Crippen LogP contribution in [-0.2, 0) is 11.3 Å². The zero-order valence-corrected chi connectivity index (χ0v) is 18.4. The molecule has 0 spiro atoms. The first-order valence-corrected chi connectivity index (χ1v) is 11.7. The quantitative estimate of drug-likeness (QED) is 0.453. The molecule has 0 N–H and O–H groups in total. The van der Waals surface area contributed by atoms with Gasteiger partial charge in [-0.25, -0.2) is 4.98 Å². The second-order valence-corrected chi connectivity index (χ2v) is 9.22. The number of thiophene rings is 1. The fourth-order valence-corrected chi connectivity index (χ4v) is 5.49. The van der Waals surface area contributed by atoms with E-state index in [1.54, 1.807) is 0 Å². The summed E-state index contributed by atoms with van der Waals surface area (Å²) in [5.41, 5.74) is 1.72. The number of benzene rings is 2. The second-order valence-electron chi connectivity index (χ2n) is 8.37. The smallest absolute Gasteiger partial charge is 0.263 e. The molecular weight excluding hydrogens is 406 g/mol. The predicted octanol–water partition coefficient (Wildman–Crippen LogP) is 5.07. The molecule has 6 heteroatoms. The highest BCUT2D eigenvalue weighted by Gasteiger charge is 2.23. The molecule has 1 aliphatic carbocycles. The summed E-state index contributed by atoms with van der Waals surface area (Å²) in [6, 6.07) is 14.7. The molecule has 0 radical (unpaired) electrons. The van der Waals surface area contributed by atoms with Gasteiger partial charge in [-0.1, -0.05) is 55.7 Å². The highest BCUT2D eigenvalue weighted by molar-refractivity contribution is 7.17. The Morgan fingerprint density at radius 3 is 2.71 bits per heavy atom. The molecule has 2 heterocycles. The van der Waals surface area contributed by atoms with Crippen molar-refractivity contribution in [3.05, 3.63) is 64.5 Å². The summed E-state index contributed by atoms with van der Waals surface area (Å²) >= 11 is 1.47. The fraction of sp³-hybridized carbons (Fsp3) is 0.320. The Bertz CT molecular complexity index is 1320. The minimum atomic E-state index is -0.153. The third-order valence-corrected chi connectivity index (χ3v) is 7.33. The summed E-state index contributed by atoms with van der Waals surface area (Å²) in [6.07, 6.45) is 7.18. The number of fused-ring (bicyclic) bond motifs is 2. The number of likely N-dealkylation sites (N-methyl/N-ethyl adjacent to an activating group) is 1. The van der Waals surface area contributed by atoms with Crippen molar-refractivity contribution >= 4 is 38.2 Å². The number of carbonyl (C=O) groups is 1. The Morgan fingerprint density at radius 2 is 1.90 bits per heavy atom. The molecule has 158 valence electrons. The molecule has 2 aromatic heterocycles. The lowest BCUT2D eigenvalue weighted by Crippen LogP contribution is -2.41. The van der Waals surface area contributed by atoms with Crippen molar-refractivity contribution in [3.63, 3.8) is 0 Å². The molecule has 1 aliphatic rings. The summed E-state index contributed by atoms with van der Waals surface area (Å²) < 4.78 is 1.46. The Hall–Kier alpha value is -2.99. The van der Waals surface area contributed by atoms with Gasteiger partial charge in [0, 0.05) is 24.0 Å². The number of nitrogens with zero attached hydrogens (tertiary/aromatic N) is 3. The number of rotatable bonds is 4. The number of amides is 1. The first-order valence-electron chi connectivity index (χ1n) is 10.8. The molecule has 0 saturated heterocycles. The molecule has 0 aliphatic heterocycles. The number of aromatic nitrogens is 2. The summed E-state index contributed by atoms with van der Waals surface area (Å²) in [5.74, 6) is -0.0300. The minimum Gasteiger partial charge on any atom is -0.341 e. The van der Waals surface area contributed by atoms with Crippen LogP contribution in [0, 0.1) is 0 Å². The maximum absolute atomic E-state index is 13.3. The minimum absolute atomic E-state index is 0.0295. The van der Waals surface area contributed by atoms with E-state index in [-0.39, 0.29) is 24.1 Å². The van der Waals surface area contributed by atoms with Gasteiger partial charge in [-0.3, -0.25) is 14.2 Å². The number of hydrogen-bond acceptors (Lipinski definition) is 4. The van der Waals surface area contributed by atoms with Gasteiger partial charge in [-0.2, -0.15) is 0 Å². The largest absolute Gasteiger partial charge is 0.341 e. The third kappa shape index (κ3) is 3.76. The highest BCUT2D eigenvalue weighted by atomic mass is 32.1. The fourth-order valence-electron chi connectivity index (χ4n) is 4.58. The van der Waals surface area contributed by atoms with E-state index in [2.05, 4.69) is 29.2 Å². The van der Waals surface area contributed by atoms with Crippen molar-refractivity contribution in [1.29, 1.82) is 0 Å². The van der Waals surface area contributed by atoms with Gasteiger partial charge in [0.1, 0.15) is 11.4 Å². The zero-order valence-electron chi connectivity index (χ0n) is 17.6. The third-order valence-electron chi connectivity index (χ3n) is 6.44. The Kier molecular flexibility index (Phi) is 5.32. The lowest BCUT2D eigenvalue weighted by Gasteiger charge is -2.31. The van der Waals surface area contributed by atoms with Crippen LogP contribution in [0.4, 0.5) is 0 Å². The summed E-state index contributed by atoms with van der Waals surface area (Å²) in [5, 5.41) is 4.88. The van der Waals surface area contributed by atoms with Gasteiger partial charge in [0.2, 0.25) is 5.91 Å². The second kappa shape index (κ2) is 8.27. The standard InChI is InChI=1S/C25H25N3O2S/c1-27(20-9-3-2-4-10-20)22(29)14-28-16-26-24-23(25(28)30)21(15-31-24)19-12-11-17-7-5-6-8-18(17)13-19/h5-8,11-13,15-16,20H,2-4,9-10,14H2,1H3. The van der Waals surface area contributed by atoms with Gasteiger partial charge in [-0.15, -0.1) is 11.3 Å². The molecule has 1 amide bonds. The lowest BCUT2D eigenvalue weighted by atomic mass is 9.94. The Labute approximate surface area is 185 Å². The van der Waals surface area contributed by atoms with Crippen LogP contribution in [0.25, 0.3) is 32.1 Å². The summed E-state index contributed by atoms with van der Waals surface area (Å²) in [6.45, 7) is 0.0295. The van der Waals surface area contributed by atoms with Crippen LogP contribution in [0.3, 0.4) is 0 Å². The van der Waals surface area contributed by atoms with Gasteiger partial charge in [-0.05, 0) is 35.2 Å². The van der Waals surface area contributed by atoms with E-state index >= 15 is 0 Å². The summed E-state index contributed by atoms with van der Waals surface area (Å²) in [4.78, 5) is 33.2. The van der Waals surface area contributed by atoms with Crippen LogP contribution >= 0.6 is 11.3 Å². The van der Waals surface area contributed by atoms with E-state index in [9.17, 15) is 9.59 Å². The molecule has 5 rings (SSSR count). The predicted molar refractivity (Wildman–Crippen MR) is 126 cm³/mol.